The summed E-state index contributed by atoms with van der Waals surface area (Å²) in [6.07, 6.45) is 1.49. The number of sulfonamides is 1. The summed E-state index contributed by atoms with van der Waals surface area (Å²) >= 11 is 3.03. The molecule has 0 atom stereocenters. The molecule has 2 aromatic rings. The van der Waals surface area contributed by atoms with Crippen molar-refractivity contribution in [3.63, 3.8) is 0 Å². The van der Waals surface area contributed by atoms with Crippen molar-refractivity contribution < 1.29 is 12.8 Å². The van der Waals surface area contributed by atoms with Gasteiger partial charge in [0, 0.05) is 16.7 Å². The van der Waals surface area contributed by atoms with Crippen LogP contribution in [-0.2, 0) is 23.1 Å². The minimum Gasteiger partial charge on any atom is -0.398 e. The normalized spacial score (nSPS) is 11.8. The fourth-order valence-corrected chi connectivity index (χ4v) is 3.06. The molecule has 3 N–H and O–H groups in total. The second-order valence-electron chi connectivity index (χ2n) is 4.16. The largest absolute Gasteiger partial charge is 0.398 e. The number of benzene rings is 1. The number of nitrogens with zero attached hydrogens (tertiary/aromatic N) is 3. The third kappa shape index (κ3) is 3.39. The number of nitrogens with two attached hydrogens (primary N) is 1. The molecular weight excluding hydrogens is 365 g/mol. The van der Waals surface area contributed by atoms with E-state index in [0.29, 0.717) is 16.8 Å². The monoisotopic (exact) mass is 377 g/mol. The van der Waals surface area contributed by atoms with Crippen LogP contribution in [0.15, 0.2) is 27.8 Å². The van der Waals surface area contributed by atoms with E-state index >= 15 is 0 Å². The maximum atomic E-state index is 13.8. The summed E-state index contributed by atoms with van der Waals surface area (Å²) in [5.41, 5.74) is 5.72. The Morgan fingerprint density at radius 1 is 1.48 bits per heavy atom. The van der Waals surface area contributed by atoms with Gasteiger partial charge in [-0.15, -0.1) is 10.2 Å². The van der Waals surface area contributed by atoms with E-state index in [9.17, 15) is 12.8 Å². The lowest BCUT2D eigenvalue weighted by Crippen LogP contribution is -2.26. The first-order chi connectivity index (χ1) is 9.85. The van der Waals surface area contributed by atoms with Crippen molar-refractivity contribution in [3.8, 4) is 0 Å². The summed E-state index contributed by atoms with van der Waals surface area (Å²) < 4.78 is 42.3. The number of aromatic nitrogens is 3. The Labute approximate surface area is 129 Å². The van der Waals surface area contributed by atoms with E-state index in [1.807, 2.05) is 6.92 Å². The zero-order valence-corrected chi connectivity index (χ0v) is 13.4. The highest BCUT2D eigenvalue weighted by Crippen LogP contribution is 2.26. The molecule has 0 fully saturated rings. The molecule has 1 aromatic carbocycles. The fraction of sp³-hybridized carbons (Fsp3) is 0.273. The van der Waals surface area contributed by atoms with Crippen LogP contribution in [-0.4, -0.2) is 23.2 Å². The van der Waals surface area contributed by atoms with Crippen LogP contribution in [0.4, 0.5) is 10.1 Å². The average molecular weight is 378 g/mol. The van der Waals surface area contributed by atoms with Gasteiger partial charge in [-0.25, -0.2) is 17.5 Å². The van der Waals surface area contributed by atoms with Crippen molar-refractivity contribution in [3.05, 3.63) is 34.6 Å². The Hall–Kier alpha value is -1.52. The molecule has 0 aliphatic carbocycles. The molecule has 1 aromatic heterocycles. The smallest absolute Gasteiger partial charge is 0.243 e. The van der Waals surface area contributed by atoms with Crippen LogP contribution in [0, 0.1) is 5.82 Å². The van der Waals surface area contributed by atoms with Gasteiger partial charge in [0.15, 0.2) is 0 Å². The summed E-state index contributed by atoms with van der Waals surface area (Å²) in [6.45, 7) is 2.38. The highest BCUT2D eigenvalue weighted by atomic mass is 79.9. The van der Waals surface area contributed by atoms with Crippen LogP contribution in [0.5, 0.6) is 0 Å². The fourth-order valence-electron chi connectivity index (χ4n) is 1.67. The average Bonchev–Trinajstić information content (AvgIpc) is 2.88. The van der Waals surface area contributed by atoms with Crippen molar-refractivity contribution in [1.29, 1.82) is 0 Å². The highest BCUT2D eigenvalue weighted by Gasteiger charge is 2.21. The molecule has 0 spiro atoms. The number of halogens is 2. The van der Waals surface area contributed by atoms with E-state index in [4.69, 9.17) is 5.73 Å². The molecule has 0 unspecified atom stereocenters. The Balaban J connectivity index is 2.25. The summed E-state index contributed by atoms with van der Waals surface area (Å²) in [5.74, 6) is -0.452. The van der Waals surface area contributed by atoms with E-state index in [1.165, 1.54) is 6.33 Å². The van der Waals surface area contributed by atoms with E-state index in [1.54, 1.807) is 4.57 Å². The predicted molar refractivity (Wildman–Crippen MR) is 78.2 cm³/mol. The van der Waals surface area contributed by atoms with Crippen LogP contribution in [0.2, 0.25) is 0 Å². The van der Waals surface area contributed by atoms with Crippen molar-refractivity contribution in [2.24, 2.45) is 0 Å². The zero-order chi connectivity index (χ0) is 15.6. The summed E-state index contributed by atoms with van der Waals surface area (Å²) in [6, 6.07) is 2.07. The number of nitrogen functional groups attached to an aromatic ring is 1. The van der Waals surface area contributed by atoms with Crippen LogP contribution in [0.1, 0.15) is 12.7 Å². The van der Waals surface area contributed by atoms with Gasteiger partial charge in [0.2, 0.25) is 10.0 Å². The molecule has 114 valence electrons. The molecule has 7 nitrogen and oxygen atoms in total. The lowest BCUT2D eigenvalue weighted by Gasteiger charge is -2.09. The summed E-state index contributed by atoms with van der Waals surface area (Å²) in [7, 11) is -4.04. The number of hydrogen-bond donors (Lipinski definition) is 2. The highest BCUT2D eigenvalue weighted by molar-refractivity contribution is 9.10. The zero-order valence-electron chi connectivity index (χ0n) is 11.0. The number of aryl methyl sites for hydroxylation is 1. The van der Waals surface area contributed by atoms with Gasteiger partial charge in [-0.05, 0) is 35.0 Å². The summed E-state index contributed by atoms with van der Waals surface area (Å²) in [5, 5.41) is 7.49. The van der Waals surface area contributed by atoms with Gasteiger partial charge < -0.3 is 10.3 Å². The lowest BCUT2D eigenvalue weighted by atomic mass is 10.3. The minimum atomic E-state index is -4.04. The van der Waals surface area contributed by atoms with Gasteiger partial charge in [0.25, 0.3) is 0 Å². The van der Waals surface area contributed by atoms with Crippen molar-refractivity contribution in [2.75, 3.05) is 5.73 Å². The number of rotatable bonds is 5. The first kappa shape index (κ1) is 15.9. The molecule has 0 bridgehead atoms. The van der Waals surface area contributed by atoms with E-state index < -0.39 is 20.7 Å². The van der Waals surface area contributed by atoms with Crippen molar-refractivity contribution in [2.45, 2.75) is 24.9 Å². The molecule has 1 heterocycles. The van der Waals surface area contributed by atoms with Gasteiger partial charge in [0.1, 0.15) is 22.9 Å². The molecule has 10 heteroatoms. The Morgan fingerprint density at radius 3 is 2.86 bits per heavy atom. The van der Waals surface area contributed by atoms with E-state index in [2.05, 4.69) is 30.8 Å². The van der Waals surface area contributed by atoms with E-state index in [-0.39, 0.29) is 12.2 Å². The van der Waals surface area contributed by atoms with Gasteiger partial charge >= 0.3 is 0 Å². The maximum absolute atomic E-state index is 13.8. The lowest BCUT2D eigenvalue weighted by molar-refractivity contribution is 0.553. The molecule has 0 aliphatic heterocycles. The first-order valence-electron chi connectivity index (χ1n) is 5.96. The molecule has 0 aliphatic rings. The maximum Gasteiger partial charge on any atom is 0.243 e. The molecule has 0 saturated heterocycles. The summed E-state index contributed by atoms with van der Waals surface area (Å²) in [4.78, 5) is -0.509. The van der Waals surface area contributed by atoms with Gasteiger partial charge in [-0.2, -0.15) is 0 Å². The topological polar surface area (TPSA) is 103 Å². The van der Waals surface area contributed by atoms with Crippen LogP contribution in [0.3, 0.4) is 0 Å². The Kier molecular flexibility index (Phi) is 4.59. The van der Waals surface area contributed by atoms with Crippen LogP contribution in [0.25, 0.3) is 0 Å². The molecular formula is C11H13BrFN5O2S. The Morgan fingerprint density at radius 2 is 2.19 bits per heavy atom. The Bertz CT molecular complexity index is 762. The standard InChI is InChI=1S/C11H13BrFN5O2S/c1-2-18-6-15-17-11(18)5-16-21(19,20)10-4-9(14)7(12)3-8(10)13/h3-4,6,16H,2,5,14H2,1H3. The quantitative estimate of drug-likeness (QED) is 0.763. The van der Waals surface area contributed by atoms with Crippen LogP contribution >= 0.6 is 15.9 Å². The second kappa shape index (κ2) is 6.08. The second-order valence-corrected chi connectivity index (χ2v) is 6.75. The predicted octanol–water partition coefficient (Wildman–Crippen LogP) is 1.26. The molecule has 0 amide bonds. The molecule has 0 radical (unpaired) electrons. The molecule has 2 rings (SSSR count). The van der Waals surface area contributed by atoms with E-state index in [0.717, 1.165) is 12.1 Å². The van der Waals surface area contributed by atoms with Crippen LogP contribution < -0.4 is 10.5 Å². The number of nitrogens with one attached hydrogen (secondary N) is 1. The number of hydrogen-bond acceptors (Lipinski definition) is 5. The van der Waals surface area contributed by atoms with Gasteiger partial charge in [0.05, 0.1) is 6.54 Å². The third-order valence-electron chi connectivity index (χ3n) is 2.80. The molecule has 21 heavy (non-hydrogen) atoms. The van der Waals surface area contributed by atoms with Gasteiger partial charge in [-0.3, -0.25) is 0 Å². The first-order valence-corrected chi connectivity index (χ1v) is 8.23. The minimum absolute atomic E-state index is 0.0917. The van der Waals surface area contributed by atoms with Gasteiger partial charge in [-0.1, -0.05) is 0 Å². The SMILES string of the molecule is CCn1cnnc1CNS(=O)(=O)c1cc(N)c(Br)cc1F. The third-order valence-corrected chi connectivity index (χ3v) is 4.90. The van der Waals surface area contributed by atoms with Crippen molar-refractivity contribution >= 4 is 31.6 Å². The molecule has 0 saturated carbocycles. The number of anilines is 1. The van der Waals surface area contributed by atoms with Crippen molar-refractivity contribution in [1.82, 2.24) is 19.5 Å².